The van der Waals surface area contributed by atoms with Gasteiger partial charge in [-0.15, -0.1) is 0 Å². The van der Waals surface area contributed by atoms with Gasteiger partial charge in [-0.1, -0.05) is 6.07 Å². The molecule has 1 N–H and O–H groups in total. The smallest absolute Gasteiger partial charge is 0.275 e. The molecule has 1 aliphatic heterocycles. The largest absolute Gasteiger partial charge is 0.322 e. The molecule has 0 radical (unpaired) electrons. The van der Waals surface area contributed by atoms with Crippen LogP contribution in [0.4, 0.5) is 18.9 Å². The van der Waals surface area contributed by atoms with Crippen molar-refractivity contribution in [3.05, 3.63) is 62.5 Å². The summed E-state index contributed by atoms with van der Waals surface area (Å²) >= 11 is 1.81. The van der Waals surface area contributed by atoms with Crippen molar-refractivity contribution in [3.8, 4) is 0 Å². The quantitative estimate of drug-likeness (QED) is 0.614. The number of carbonyl (C=O) groups excluding carboxylic acids is 1. The number of carbonyl (C=O) groups is 1. The van der Waals surface area contributed by atoms with Crippen molar-refractivity contribution in [3.63, 3.8) is 0 Å². The van der Waals surface area contributed by atoms with E-state index in [-0.39, 0.29) is 23.6 Å². The maximum atomic E-state index is 14.8. The number of rotatable bonds is 3. The van der Waals surface area contributed by atoms with Crippen LogP contribution in [0.1, 0.15) is 33.9 Å². The van der Waals surface area contributed by atoms with Crippen molar-refractivity contribution in [2.45, 2.75) is 18.4 Å². The number of likely N-dealkylation sites (N-methyl/N-ethyl adjacent to an activating group) is 1. The van der Waals surface area contributed by atoms with E-state index in [2.05, 4.69) is 15.1 Å². The minimum Gasteiger partial charge on any atom is -0.322 e. The average Bonchev–Trinajstić information content (AvgIpc) is 2.95. The number of halogens is 4. The van der Waals surface area contributed by atoms with E-state index in [9.17, 15) is 18.0 Å². The van der Waals surface area contributed by atoms with Crippen LogP contribution >= 0.6 is 22.6 Å². The minimum absolute atomic E-state index is 0.0204. The number of nitrogens with zero attached hydrogens (tertiary/aromatic N) is 2. The highest BCUT2D eigenvalue weighted by atomic mass is 127. The van der Waals surface area contributed by atoms with Gasteiger partial charge in [-0.2, -0.15) is 0 Å². The highest BCUT2D eigenvalue weighted by Crippen LogP contribution is 2.50. The Morgan fingerprint density at radius 3 is 2.55 bits per heavy atom. The molecule has 1 heterocycles. The maximum Gasteiger partial charge on any atom is 0.275 e. The van der Waals surface area contributed by atoms with E-state index >= 15 is 0 Å². The summed E-state index contributed by atoms with van der Waals surface area (Å²) in [6.07, 6.45) is -0.237. The molecule has 1 aliphatic carbocycles. The van der Waals surface area contributed by atoms with Crippen LogP contribution in [0.15, 0.2) is 36.4 Å². The Labute approximate surface area is 181 Å². The van der Waals surface area contributed by atoms with Gasteiger partial charge in [-0.3, -0.25) is 9.69 Å². The fraction of sp³-hybridized carbons (Fsp3) is 0.381. The maximum absolute atomic E-state index is 14.8. The normalized spacial score (nSPS) is 21.8. The lowest BCUT2D eigenvalue weighted by Gasteiger charge is -2.36. The molecule has 4 rings (SSSR count). The summed E-state index contributed by atoms with van der Waals surface area (Å²) in [5.41, 5.74) is 1.20. The SMILES string of the molecule is CN1CCN([C@H]2CC(F)(F)c3cc(NC(=O)c4ccc(F)c(I)c4)ccc32)CC1. The van der Waals surface area contributed by atoms with Gasteiger partial charge in [-0.25, -0.2) is 13.2 Å². The summed E-state index contributed by atoms with van der Waals surface area (Å²) in [6, 6.07) is 8.44. The lowest BCUT2D eigenvalue weighted by atomic mass is 10.0. The predicted molar refractivity (Wildman–Crippen MR) is 114 cm³/mol. The van der Waals surface area contributed by atoms with Gasteiger partial charge in [-0.05, 0) is 65.5 Å². The first-order valence-electron chi connectivity index (χ1n) is 9.46. The number of hydrogen-bond acceptors (Lipinski definition) is 3. The van der Waals surface area contributed by atoms with Gasteiger partial charge in [0.1, 0.15) is 5.82 Å². The Balaban J connectivity index is 1.56. The number of benzene rings is 2. The third kappa shape index (κ3) is 4.15. The number of alkyl halides is 2. The third-order valence-electron chi connectivity index (χ3n) is 5.67. The number of nitrogens with one attached hydrogen (secondary N) is 1. The van der Waals surface area contributed by atoms with Gasteiger partial charge < -0.3 is 10.2 Å². The van der Waals surface area contributed by atoms with Crippen molar-refractivity contribution < 1.29 is 18.0 Å². The molecule has 2 aliphatic rings. The van der Waals surface area contributed by atoms with Crippen LogP contribution in [0.2, 0.25) is 0 Å². The first-order valence-corrected chi connectivity index (χ1v) is 10.5. The Hall–Kier alpha value is -1.65. The number of hydrogen-bond donors (Lipinski definition) is 1. The molecule has 29 heavy (non-hydrogen) atoms. The second kappa shape index (κ2) is 7.88. The van der Waals surface area contributed by atoms with Crippen LogP contribution < -0.4 is 5.32 Å². The molecule has 1 amide bonds. The molecule has 154 valence electrons. The molecule has 2 aromatic carbocycles. The number of piperazine rings is 1. The van der Waals surface area contributed by atoms with Gasteiger partial charge in [0.25, 0.3) is 11.8 Å². The Morgan fingerprint density at radius 2 is 1.86 bits per heavy atom. The van der Waals surface area contributed by atoms with E-state index in [4.69, 9.17) is 0 Å². The molecule has 8 heteroatoms. The van der Waals surface area contributed by atoms with E-state index in [1.165, 1.54) is 24.3 Å². The Morgan fingerprint density at radius 1 is 1.14 bits per heavy atom. The summed E-state index contributed by atoms with van der Waals surface area (Å²) in [6.45, 7) is 3.25. The van der Waals surface area contributed by atoms with Crippen LogP contribution in [-0.4, -0.2) is 48.9 Å². The van der Waals surface area contributed by atoms with Crippen molar-refractivity contribution >= 4 is 34.2 Å². The molecule has 1 atom stereocenters. The monoisotopic (exact) mass is 515 g/mol. The van der Waals surface area contributed by atoms with E-state index in [1.54, 1.807) is 34.7 Å². The summed E-state index contributed by atoms with van der Waals surface area (Å²) in [7, 11) is 2.03. The number of amides is 1. The summed E-state index contributed by atoms with van der Waals surface area (Å²) in [4.78, 5) is 16.8. The van der Waals surface area contributed by atoms with Crippen LogP contribution in [-0.2, 0) is 5.92 Å². The molecule has 0 bridgehead atoms. The molecule has 4 nitrogen and oxygen atoms in total. The lowest BCUT2D eigenvalue weighted by molar-refractivity contribution is -0.0257. The average molecular weight is 515 g/mol. The van der Waals surface area contributed by atoms with Gasteiger partial charge in [0.05, 0.1) is 0 Å². The zero-order valence-corrected chi connectivity index (χ0v) is 18.0. The van der Waals surface area contributed by atoms with Crippen LogP contribution in [0.3, 0.4) is 0 Å². The Kier molecular flexibility index (Phi) is 5.60. The second-order valence-electron chi connectivity index (χ2n) is 7.65. The van der Waals surface area contributed by atoms with Gasteiger partial charge in [0.2, 0.25) is 0 Å². The highest BCUT2D eigenvalue weighted by molar-refractivity contribution is 14.1. The predicted octanol–water partition coefficient (Wildman–Crippen LogP) is 4.47. The van der Waals surface area contributed by atoms with E-state index in [0.29, 0.717) is 14.8 Å². The Bertz CT molecular complexity index is 945. The van der Waals surface area contributed by atoms with Crippen molar-refractivity contribution in [2.24, 2.45) is 0 Å². The summed E-state index contributed by atoms with van der Waals surface area (Å²) in [5, 5.41) is 2.65. The molecular formula is C21H21F3IN3O. The molecule has 0 spiro atoms. The topological polar surface area (TPSA) is 35.6 Å². The first kappa shape index (κ1) is 20.6. The van der Waals surface area contributed by atoms with Crippen LogP contribution in [0.25, 0.3) is 0 Å². The van der Waals surface area contributed by atoms with Gasteiger partial charge in [0, 0.05) is 59.0 Å². The summed E-state index contributed by atoms with van der Waals surface area (Å²) < 4.78 is 43.3. The second-order valence-corrected chi connectivity index (χ2v) is 8.81. The first-order chi connectivity index (χ1) is 13.7. The van der Waals surface area contributed by atoms with Crippen molar-refractivity contribution in [1.29, 1.82) is 0 Å². The molecule has 2 aromatic rings. The minimum atomic E-state index is -2.94. The van der Waals surface area contributed by atoms with Crippen molar-refractivity contribution in [2.75, 3.05) is 38.5 Å². The fourth-order valence-corrected chi connectivity index (χ4v) is 4.52. The highest BCUT2D eigenvalue weighted by Gasteiger charge is 2.47. The van der Waals surface area contributed by atoms with Crippen LogP contribution in [0, 0.1) is 9.39 Å². The number of fused-ring (bicyclic) bond motifs is 1. The summed E-state index contributed by atoms with van der Waals surface area (Å²) in [5.74, 6) is -3.80. The third-order valence-corrected chi connectivity index (χ3v) is 6.50. The zero-order valence-electron chi connectivity index (χ0n) is 15.9. The van der Waals surface area contributed by atoms with Crippen molar-refractivity contribution in [1.82, 2.24) is 9.80 Å². The molecular weight excluding hydrogens is 494 g/mol. The molecule has 0 aromatic heterocycles. The number of anilines is 1. The molecule has 0 saturated carbocycles. The zero-order chi connectivity index (χ0) is 20.8. The standard InChI is InChI=1S/C21H21F3IN3O/c1-27-6-8-28(9-7-27)19-12-21(23,24)16-11-14(3-4-15(16)19)26-20(29)13-2-5-17(22)18(25)10-13/h2-5,10-11,19H,6-9,12H2,1H3,(H,26,29)/t19-/m0/s1. The van der Waals surface area contributed by atoms with Gasteiger partial charge in [0.15, 0.2) is 0 Å². The van der Waals surface area contributed by atoms with Crippen LogP contribution in [0.5, 0.6) is 0 Å². The van der Waals surface area contributed by atoms with E-state index in [1.807, 2.05) is 7.05 Å². The fourth-order valence-electron chi connectivity index (χ4n) is 4.00. The lowest BCUT2D eigenvalue weighted by Crippen LogP contribution is -2.45. The van der Waals surface area contributed by atoms with Gasteiger partial charge >= 0.3 is 0 Å². The van der Waals surface area contributed by atoms with E-state index < -0.39 is 17.6 Å². The molecule has 1 fully saturated rings. The molecule has 1 saturated heterocycles. The van der Waals surface area contributed by atoms with E-state index in [0.717, 1.165) is 26.2 Å². The molecule has 0 unspecified atom stereocenters.